The molecule has 0 aliphatic heterocycles. The smallest absolute Gasteiger partial charge is 0.339 e. The van der Waals surface area contributed by atoms with E-state index in [4.69, 9.17) is 5.10 Å². The number of rotatable bonds is 9. The Morgan fingerprint density at radius 1 is 0.889 bits per heavy atom. The maximum atomic E-state index is 12.4. The van der Waals surface area contributed by atoms with Crippen LogP contribution in [0.4, 0.5) is 0 Å². The molecule has 0 amide bonds. The third-order valence-corrected chi connectivity index (χ3v) is 6.14. The number of nitrogens with one attached hydrogen (secondary N) is 1. The third kappa shape index (κ3) is 4.79. The first-order valence-electron chi connectivity index (χ1n) is 11.9. The topological polar surface area (TPSA) is 110 Å². The Morgan fingerprint density at radius 3 is 2.25 bits per heavy atom. The van der Waals surface area contributed by atoms with Gasteiger partial charge in [-0.3, -0.25) is 4.68 Å². The van der Waals surface area contributed by atoms with Crippen LogP contribution in [0.5, 0.6) is 0 Å². The number of aromatic amines is 1. The molecule has 3 aromatic carbocycles. The van der Waals surface area contributed by atoms with Crippen molar-refractivity contribution in [2.75, 3.05) is 0 Å². The molecule has 0 spiro atoms. The van der Waals surface area contributed by atoms with Crippen molar-refractivity contribution in [1.82, 2.24) is 30.4 Å². The van der Waals surface area contributed by atoms with E-state index in [0.717, 1.165) is 39.9 Å². The Labute approximate surface area is 208 Å². The summed E-state index contributed by atoms with van der Waals surface area (Å²) in [6, 6.07) is 25.9. The first-order chi connectivity index (χ1) is 17.6. The molecule has 2 N–H and O–H groups in total. The van der Waals surface area contributed by atoms with Gasteiger partial charge in [0.15, 0.2) is 0 Å². The Morgan fingerprint density at radius 2 is 1.58 bits per heavy atom. The van der Waals surface area contributed by atoms with Crippen LogP contribution in [0.2, 0.25) is 0 Å². The van der Waals surface area contributed by atoms with Crippen molar-refractivity contribution in [3.63, 3.8) is 0 Å². The Bertz CT molecular complexity index is 1460. The van der Waals surface area contributed by atoms with Gasteiger partial charge in [0.25, 0.3) is 0 Å². The van der Waals surface area contributed by atoms with Gasteiger partial charge in [0.2, 0.25) is 5.82 Å². The van der Waals surface area contributed by atoms with Gasteiger partial charge in [-0.25, -0.2) is 4.79 Å². The lowest BCUT2D eigenvalue weighted by Crippen LogP contribution is -2.09. The highest BCUT2D eigenvalue weighted by Crippen LogP contribution is 2.30. The van der Waals surface area contributed by atoms with E-state index in [1.54, 1.807) is 0 Å². The molecule has 0 saturated heterocycles. The predicted octanol–water partition coefficient (Wildman–Crippen LogP) is 5.02. The number of nitrogens with zero attached hydrogens (tertiary/aromatic N) is 5. The lowest BCUT2D eigenvalue weighted by molar-refractivity contribution is 0.0694. The van der Waals surface area contributed by atoms with Crippen LogP contribution in [0.3, 0.4) is 0 Å². The fourth-order valence-corrected chi connectivity index (χ4v) is 4.49. The molecule has 5 rings (SSSR count). The summed E-state index contributed by atoms with van der Waals surface area (Å²) >= 11 is 0. The van der Waals surface area contributed by atoms with Crippen molar-refractivity contribution in [3.8, 4) is 22.5 Å². The quantitative estimate of drug-likeness (QED) is 0.308. The van der Waals surface area contributed by atoms with Crippen LogP contribution >= 0.6 is 0 Å². The number of hydrogen-bond acceptors (Lipinski definition) is 5. The highest BCUT2D eigenvalue weighted by atomic mass is 16.4. The van der Waals surface area contributed by atoms with E-state index in [-0.39, 0.29) is 0 Å². The van der Waals surface area contributed by atoms with Gasteiger partial charge in [-0.15, -0.1) is 10.2 Å². The second kappa shape index (κ2) is 10.4. The van der Waals surface area contributed by atoms with Crippen molar-refractivity contribution in [2.24, 2.45) is 0 Å². The van der Waals surface area contributed by atoms with Crippen molar-refractivity contribution in [2.45, 2.75) is 32.7 Å². The minimum absolute atomic E-state index is 0.304. The second-order valence-electron chi connectivity index (χ2n) is 8.61. The van der Waals surface area contributed by atoms with Crippen LogP contribution in [0.25, 0.3) is 22.5 Å². The van der Waals surface area contributed by atoms with Gasteiger partial charge in [0.1, 0.15) is 5.56 Å². The molecule has 0 unspecified atom stereocenters. The molecule has 0 aliphatic carbocycles. The lowest BCUT2D eigenvalue weighted by Gasteiger charge is -2.08. The molecule has 0 bridgehead atoms. The van der Waals surface area contributed by atoms with E-state index in [2.05, 4.69) is 27.5 Å². The summed E-state index contributed by atoms with van der Waals surface area (Å²) in [5.74, 6) is -0.405. The van der Waals surface area contributed by atoms with Crippen molar-refractivity contribution in [1.29, 1.82) is 0 Å². The molecule has 8 heteroatoms. The van der Waals surface area contributed by atoms with Crippen LogP contribution in [0, 0.1) is 0 Å². The molecular formula is C28H26N6O2. The molecule has 2 heterocycles. The number of aromatic nitrogens is 6. The standard InChI is InChI=1S/C28H26N6O2/c1-2-16-34-25(18-19-8-4-3-5-9-19)26(28(35)36)24(31-34)17-20-12-14-21(15-13-20)22-10-6-7-11-23(22)27-29-32-33-30-27/h3-15H,2,16-18H2,1H3,(H,35,36)(H,29,30,32,33). The molecule has 0 aliphatic rings. The average Bonchev–Trinajstić information content (AvgIpc) is 3.54. The summed E-state index contributed by atoms with van der Waals surface area (Å²) in [5.41, 5.74) is 6.58. The van der Waals surface area contributed by atoms with Crippen LogP contribution in [-0.2, 0) is 19.4 Å². The van der Waals surface area contributed by atoms with Crippen LogP contribution in [-0.4, -0.2) is 41.5 Å². The highest BCUT2D eigenvalue weighted by Gasteiger charge is 2.23. The molecule has 0 atom stereocenters. The van der Waals surface area contributed by atoms with Gasteiger partial charge in [-0.05, 0) is 33.9 Å². The van der Waals surface area contributed by atoms with Gasteiger partial charge >= 0.3 is 5.97 Å². The number of benzene rings is 3. The number of carboxylic acid groups (broad SMARTS) is 1. The summed E-state index contributed by atoms with van der Waals surface area (Å²) in [4.78, 5) is 12.4. The van der Waals surface area contributed by atoms with Crippen molar-refractivity contribution >= 4 is 5.97 Å². The van der Waals surface area contributed by atoms with Gasteiger partial charge < -0.3 is 5.11 Å². The number of tetrazole rings is 1. The number of aryl methyl sites for hydroxylation is 1. The number of carbonyl (C=O) groups is 1. The molecule has 5 aromatic rings. The van der Waals surface area contributed by atoms with Crippen LogP contribution in [0.15, 0.2) is 78.9 Å². The Kier molecular flexibility index (Phi) is 6.66. The fourth-order valence-electron chi connectivity index (χ4n) is 4.49. The maximum Gasteiger partial charge on any atom is 0.339 e. The minimum Gasteiger partial charge on any atom is -0.478 e. The zero-order valence-electron chi connectivity index (χ0n) is 19.9. The SMILES string of the molecule is CCCn1nc(Cc2ccc(-c3ccccc3-c3nn[nH]n3)cc2)c(C(=O)O)c1Cc1ccccc1. The molecule has 180 valence electrons. The minimum atomic E-state index is -0.941. The normalized spacial score (nSPS) is 11.0. The van der Waals surface area contributed by atoms with E-state index < -0.39 is 5.97 Å². The number of H-pyrrole nitrogens is 1. The average molecular weight is 479 g/mol. The van der Waals surface area contributed by atoms with E-state index >= 15 is 0 Å². The van der Waals surface area contributed by atoms with Crippen LogP contribution in [0.1, 0.15) is 46.2 Å². The third-order valence-electron chi connectivity index (χ3n) is 6.14. The monoisotopic (exact) mass is 478 g/mol. The molecule has 0 fully saturated rings. The number of aromatic carboxylic acids is 1. The number of hydrogen-bond donors (Lipinski definition) is 2. The highest BCUT2D eigenvalue weighted by molar-refractivity contribution is 5.90. The fraction of sp³-hybridized carbons (Fsp3) is 0.179. The summed E-state index contributed by atoms with van der Waals surface area (Å²) in [6.07, 6.45) is 1.84. The molecule has 8 nitrogen and oxygen atoms in total. The van der Waals surface area contributed by atoms with Gasteiger partial charge in [0.05, 0.1) is 11.4 Å². The summed E-state index contributed by atoms with van der Waals surface area (Å²) in [5, 5.41) is 29.3. The van der Waals surface area contributed by atoms with E-state index in [9.17, 15) is 9.90 Å². The van der Waals surface area contributed by atoms with Gasteiger partial charge in [-0.2, -0.15) is 10.3 Å². The molecule has 0 saturated carbocycles. The summed E-state index contributed by atoms with van der Waals surface area (Å²) < 4.78 is 1.86. The summed E-state index contributed by atoms with van der Waals surface area (Å²) in [7, 11) is 0. The van der Waals surface area contributed by atoms with Gasteiger partial charge in [0, 0.05) is 24.9 Å². The van der Waals surface area contributed by atoms with Gasteiger partial charge in [-0.1, -0.05) is 85.8 Å². The molecule has 36 heavy (non-hydrogen) atoms. The maximum absolute atomic E-state index is 12.4. The van der Waals surface area contributed by atoms with Crippen molar-refractivity contribution < 1.29 is 9.90 Å². The first-order valence-corrected chi connectivity index (χ1v) is 11.9. The Hall–Kier alpha value is -4.59. The van der Waals surface area contributed by atoms with Crippen LogP contribution < -0.4 is 0 Å². The lowest BCUT2D eigenvalue weighted by atomic mass is 9.96. The zero-order valence-corrected chi connectivity index (χ0v) is 19.9. The molecular weight excluding hydrogens is 452 g/mol. The first kappa shape index (κ1) is 23.2. The van der Waals surface area contributed by atoms with E-state index in [1.807, 2.05) is 83.5 Å². The van der Waals surface area contributed by atoms with E-state index in [1.165, 1.54) is 0 Å². The zero-order chi connectivity index (χ0) is 24.9. The summed E-state index contributed by atoms with van der Waals surface area (Å²) in [6.45, 7) is 2.74. The number of carboxylic acids is 1. The second-order valence-corrected chi connectivity index (χ2v) is 8.61. The predicted molar refractivity (Wildman–Crippen MR) is 137 cm³/mol. The Balaban J connectivity index is 1.46. The van der Waals surface area contributed by atoms with Crippen molar-refractivity contribution in [3.05, 3.63) is 107 Å². The molecule has 2 aromatic heterocycles. The molecule has 0 radical (unpaired) electrons. The van der Waals surface area contributed by atoms with E-state index in [0.29, 0.717) is 36.5 Å². The largest absolute Gasteiger partial charge is 0.478 e.